The van der Waals surface area contributed by atoms with Gasteiger partial charge in [0.2, 0.25) is 10.0 Å². The van der Waals surface area contributed by atoms with E-state index in [1.807, 2.05) is 0 Å². The molecule has 2 aromatic heterocycles. The number of anilines is 1. The van der Waals surface area contributed by atoms with Gasteiger partial charge in [0.1, 0.15) is 4.90 Å². The highest BCUT2D eigenvalue weighted by Gasteiger charge is 2.39. The highest BCUT2D eigenvalue weighted by atomic mass is 32.2. The standard InChI is InChI=1S/C14H19N7O3S/c1-17-3-4-20(14(17)22)11-5-16-21(9-11)12-7-19(8-12)25(23,24)13-6-15-18(2)10-13/h5-6,9-10,12H,3-4,7-8H2,1-2H3. The van der Waals surface area contributed by atoms with Crippen LogP contribution in [0, 0.1) is 0 Å². The smallest absolute Gasteiger partial charge is 0.324 e. The second-order valence-corrected chi connectivity index (χ2v) is 8.30. The van der Waals surface area contributed by atoms with Gasteiger partial charge in [-0.15, -0.1) is 0 Å². The minimum absolute atomic E-state index is 0.0318. The van der Waals surface area contributed by atoms with Crippen molar-refractivity contribution >= 4 is 21.7 Å². The zero-order valence-electron chi connectivity index (χ0n) is 14.0. The summed E-state index contributed by atoms with van der Waals surface area (Å²) < 4.78 is 29.6. The molecule has 0 aliphatic carbocycles. The second kappa shape index (κ2) is 5.56. The van der Waals surface area contributed by atoms with Crippen LogP contribution in [0.1, 0.15) is 6.04 Å². The molecule has 0 spiro atoms. The minimum Gasteiger partial charge on any atom is -0.326 e. The third-order valence-corrected chi connectivity index (χ3v) is 6.42. The summed E-state index contributed by atoms with van der Waals surface area (Å²) >= 11 is 0. The van der Waals surface area contributed by atoms with E-state index in [4.69, 9.17) is 0 Å². The first-order valence-electron chi connectivity index (χ1n) is 7.92. The number of carbonyl (C=O) groups is 1. The van der Waals surface area contributed by atoms with Gasteiger partial charge in [0.05, 0.1) is 24.1 Å². The normalized spacial score (nSPS) is 19.7. The number of nitrogens with zero attached hydrogens (tertiary/aromatic N) is 7. The monoisotopic (exact) mass is 365 g/mol. The van der Waals surface area contributed by atoms with E-state index in [9.17, 15) is 13.2 Å². The van der Waals surface area contributed by atoms with E-state index in [1.54, 1.807) is 41.0 Å². The summed E-state index contributed by atoms with van der Waals surface area (Å²) in [5, 5.41) is 8.22. The lowest BCUT2D eigenvalue weighted by molar-refractivity contribution is 0.191. The Kier molecular flexibility index (Phi) is 3.58. The van der Waals surface area contributed by atoms with Crippen LogP contribution in [0.5, 0.6) is 0 Å². The maximum absolute atomic E-state index is 12.5. The maximum atomic E-state index is 12.5. The number of urea groups is 1. The number of rotatable bonds is 4. The predicted molar refractivity (Wildman–Crippen MR) is 88.6 cm³/mol. The summed E-state index contributed by atoms with van der Waals surface area (Å²) in [6, 6.07) is -0.0791. The van der Waals surface area contributed by atoms with Crippen molar-refractivity contribution in [2.24, 2.45) is 7.05 Å². The average molecular weight is 365 g/mol. The Balaban J connectivity index is 1.44. The highest BCUT2D eigenvalue weighted by molar-refractivity contribution is 7.89. The van der Waals surface area contributed by atoms with Gasteiger partial charge in [-0.2, -0.15) is 14.5 Å². The van der Waals surface area contributed by atoms with E-state index in [1.165, 1.54) is 21.4 Å². The molecule has 4 heterocycles. The molecule has 0 N–H and O–H groups in total. The molecule has 2 aromatic rings. The van der Waals surface area contributed by atoms with Gasteiger partial charge in [-0.3, -0.25) is 14.3 Å². The minimum atomic E-state index is -3.51. The molecule has 0 unspecified atom stereocenters. The second-order valence-electron chi connectivity index (χ2n) is 6.36. The van der Waals surface area contributed by atoms with Crippen molar-refractivity contribution in [1.82, 2.24) is 28.8 Å². The van der Waals surface area contributed by atoms with Crippen LogP contribution in [0.15, 0.2) is 29.7 Å². The van der Waals surface area contributed by atoms with Gasteiger partial charge in [-0.1, -0.05) is 0 Å². The van der Waals surface area contributed by atoms with Crippen LogP contribution in [0.2, 0.25) is 0 Å². The van der Waals surface area contributed by atoms with E-state index in [0.29, 0.717) is 26.2 Å². The number of aryl methyl sites for hydroxylation is 1. The summed E-state index contributed by atoms with van der Waals surface area (Å²) in [6.07, 6.45) is 6.29. The molecule has 2 fully saturated rings. The van der Waals surface area contributed by atoms with Crippen LogP contribution in [0.3, 0.4) is 0 Å². The van der Waals surface area contributed by atoms with Crippen molar-refractivity contribution in [3.8, 4) is 0 Å². The van der Waals surface area contributed by atoms with Crippen LogP contribution < -0.4 is 4.90 Å². The molecule has 2 amide bonds. The first kappa shape index (κ1) is 16.1. The Hall–Kier alpha value is -2.40. The number of aromatic nitrogens is 4. The molecule has 0 atom stereocenters. The number of amides is 2. The van der Waals surface area contributed by atoms with E-state index < -0.39 is 10.0 Å². The lowest BCUT2D eigenvalue weighted by atomic mass is 10.2. The fourth-order valence-electron chi connectivity index (χ4n) is 3.02. The van der Waals surface area contributed by atoms with Crippen molar-refractivity contribution < 1.29 is 13.2 Å². The highest BCUT2D eigenvalue weighted by Crippen LogP contribution is 2.29. The Labute approximate surface area is 145 Å². The van der Waals surface area contributed by atoms with Crippen molar-refractivity contribution in [2.75, 3.05) is 38.1 Å². The van der Waals surface area contributed by atoms with E-state index >= 15 is 0 Å². The van der Waals surface area contributed by atoms with Gasteiger partial charge in [0, 0.05) is 52.7 Å². The number of hydrogen-bond acceptors (Lipinski definition) is 5. The summed E-state index contributed by atoms with van der Waals surface area (Å²) in [6.45, 7) is 2.02. The van der Waals surface area contributed by atoms with Crippen LogP contribution in [0.25, 0.3) is 0 Å². The molecule has 11 heteroatoms. The Morgan fingerprint density at radius 2 is 1.84 bits per heavy atom. The summed E-state index contributed by atoms with van der Waals surface area (Å²) in [5.41, 5.74) is 0.739. The Bertz CT molecular complexity index is 913. The number of hydrogen-bond donors (Lipinski definition) is 0. The predicted octanol–water partition coefficient (Wildman–Crippen LogP) is -0.266. The molecule has 0 bridgehead atoms. The number of sulfonamides is 1. The molecule has 2 saturated heterocycles. The zero-order valence-corrected chi connectivity index (χ0v) is 14.8. The Morgan fingerprint density at radius 3 is 2.44 bits per heavy atom. The quantitative estimate of drug-likeness (QED) is 0.743. The summed E-state index contributed by atoms with van der Waals surface area (Å²) in [5.74, 6) is 0. The summed E-state index contributed by atoms with van der Waals surface area (Å²) in [7, 11) is -0.0650. The van der Waals surface area contributed by atoms with Gasteiger partial charge >= 0.3 is 6.03 Å². The third-order valence-electron chi connectivity index (χ3n) is 4.64. The molecule has 0 aromatic carbocycles. The molecular weight excluding hydrogens is 346 g/mol. The number of likely N-dealkylation sites (N-methyl/N-ethyl adjacent to an activating group) is 1. The van der Waals surface area contributed by atoms with Crippen LogP contribution in [-0.2, 0) is 17.1 Å². The van der Waals surface area contributed by atoms with Gasteiger partial charge in [-0.05, 0) is 0 Å². The molecule has 0 saturated carbocycles. The zero-order chi connectivity index (χ0) is 17.8. The molecular formula is C14H19N7O3S. The first-order valence-corrected chi connectivity index (χ1v) is 9.36. The van der Waals surface area contributed by atoms with Crippen LogP contribution in [-0.4, -0.2) is 76.4 Å². The molecule has 4 rings (SSSR count). The van der Waals surface area contributed by atoms with Gasteiger partial charge in [0.25, 0.3) is 0 Å². The first-order chi connectivity index (χ1) is 11.9. The van der Waals surface area contributed by atoms with Crippen molar-refractivity contribution in [3.63, 3.8) is 0 Å². The van der Waals surface area contributed by atoms with Crippen LogP contribution >= 0.6 is 0 Å². The molecule has 25 heavy (non-hydrogen) atoms. The maximum Gasteiger partial charge on any atom is 0.324 e. The topological polar surface area (TPSA) is 96.6 Å². The Morgan fingerprint density at radius 1 is 1.08 bits per heavy atom. The van der Waals surface area contributed by atoms with Gasteiger partial charge in [0.15, 0.2) is 0 Å². The number of carbonyl (C=O) groups excluding carboxylic acids is 1. The van der Waals surface area contributed by atoms with Crippen molar-refractivity contribution in [2.45, 2.75) is 10.9 Å². The fraction of sp³-hybridized carbons (Fsp3) is 0.500. The van der Waals surface area contributed by atoms with E-state index in [2.05, 4.69) is 10.2 Å². The lowest BCUT2D eigenvalue weighted by Crippen LogP contribution is -2.50. The van der Waals surface area contributed by atoms with Gasteiger partial charge in [-0.25, -0.2) is 13.2 Å². The van der Waals surface area contributed by atoms with E-state index in [-0.39, 0.29) is 17.0 Å². The molecule has 2 aliphatic rings. The molecule has 2 aliphatic heterocycles. The molecule has 134 valence electrons. The lowest BCUT2D eigenvalue weighted by Gasteiger charge is -2.37. The van der Waals surface area contributed by atoms with Gasteiger partial charge < -0.3 is 4.90 Å². The SMILES string of the molecule is CN1CCN(c2cnn(C3CN(S(=O)(=O)c4cnn(C)c4)C3)c2)C1=O. The summed E-state index contributed by atoms with van der Waals surface area (Å²) in [4.78, 5) is 15.6. The fourth-order valence-corrected chi connectivity index (χ4v) is 4.52. The van der Waals surface area contributed by atoms with Crippen molar-refractivity contribution in [1.29, 1.82) is 0 Å². The molecule has 0 radical (unpaired) electrons. The van der Waals surface area contributed by atoms with Crippen LogP contribution in [0.4, 0.5) is 10.5 Å². The largest absolute Gasteiger partial charge is 0.326 e. The average Bonchev–Trinajstić information content (AvgIpc) is 3.21. The van der Waals surface area contributed by atoms with Crippen molar-refractivity contribution in [3.05, 3.63) is 24.8 Å². The molecule has 10 nitrogen and oxygen atoms in total. The van der Waals surface area contributed by atoms with E-state index in [0.717, 1.165) is 5.69 Å². The third kappa shape index (κ3) is 2.59.